The lowest BCUT2D eigenvalue weighted by Gasteiger charge is -2.22. The number of carboxylic acids is 1. The minimum absolute atomic E-state index is 0.0266. The fourth-order valence-electron chi connectivity index (χ4n) is 1.14. The first-order valence-corrected chi connectivity index (χ1v) is 7.00. The van der Waals surface area contributed by atoms with E-state index >= 15 is 0 Å². The van der Waals surface area contributed by atoms with Crippen LogP contribution in [0.15, 0.2) is 12.7 Å². The number of aliphatic carboxylic acids is 1. The zero-order valence-electron chi connectivity index (χ0n) is 10.6. The quantitative estimate of drug-likeness (QED) is 0.703. The number of rotatable bonds is 7. The molecule has 0 bridgehead atoms. The van der Waals surface area contributed by atoms with E-state index in [0.717, 1.165) is 4.31 Å². The predicted octanol–water partition coefficient (Wildman–Crippen LogP) is 1.32. The van der Waals surface area contributed by atoms with Gasteiger partial charge in [-0.3, -0.25) is 4.79 Å². The molecule has 17 heavy (non-hydrogen) atoms. The third kappa shape index (κ3) is 7.12. The van der Waals surface area contributed by atoms with Gasteiger partial charge in [-0.05, 0) is 11.8 Å². The standard InChI is InChI=1S/C11H21NO4S/c1-5-7-12(9-10(13)14)17(15,16)8-6-11(2,3)4/h5H,1,6-9H2,2-4H3,(H,13,14). The van der Waals surface area contributed by atoms with Crippen molar-refractivity contribution < 1.29 is 18.3 Å². The van der Waals surface area contributed by atoms with Crippen molar-refractivity contribution in [2.24, 2.45) is 5.41 Å². The summed E-state index contributed by atoms with van der Waals surface area (Å²) in [7, 11) is -3.53. The van der Waals surface area contributed by atoms with E-state index in [1.165, 1.54) is 6.08 Å². The third-order valence-electron chi connectivity index (χ3n) is 2.15. The Morgan fingerprint density at radius 2 is 1.94 bits per heavy atom. The van der Waals surface area contributed by atoms with Crippen molar-refractivity contribution in [1.82, 2.24) is 4.31 Å². The maximum absolute atomic E-state index is 11.9. The lowest BCUT2D eigenvalue weighted by Crippen LogP contribution is -2.38. The van der Waals surface area contributed by atoms with Crippen LogP contribution in [0.3, 0.4) is 0 Å². The average Bonchev–Trinajstić information content (AvgIpc) is 2.13. The van der Waals surface area contributed by atoms with Crippen molar-refractivity contribution in [2.45, 2.75) is 27.2 Å². The van der Waals surface area contributed by atoms with Crippen molar-refractivity contribution in [1.29, 1.82) is 0 Å². The van der Waals surface area contributed by atoms with E-state index in [1.54, 1.807) is 0 Å². The van der Waals surface area contributed by atoms with Crippen molar-refractivity contribution in [3.63, 3.8) is 0 Å². The van der Waals surface area contributed by atoms with Crippen LogP contribution in [-0.2, 0) is 14.8 Å². The molecular formula is C11H21NO4S. The summed E-state index contributed by atoms with van der Waals surface area (Å²) in [5.41, 5.74) is -0.101. The summed E-state index contributed by atoms with van der Waals surface area (Å²) in [6, 6.07) is 0. The Bertz CT molecular complexity index is 367. The molecule has 0 spiro atoms. The predicted molar refractivity (Wildman–Crippen MR) is 67.3 cm³/mol. The van der Waals surface area contributed by atoms with E-state index < -0.39 is 22.5 Å². The van der Waals surface area contributed by atoms with Crippen LogP contribution in [0.5, 0.6) is 0 Å². The van der Waals surface area contributed by atoms with Crippen LogP contribution in [0, 0.1) is 5.41 Å². The van der Waals surface area contributed by atoms with Crippen LogP contribution >= 0.6 is 0 Å². The van der Waals surface area contributed by atoms with E-state index in [1.807, 2.05) is 20.8 Å². The van der Waals surface area contributed by atoms with Gasteiger partial charge in [0.15, 0.2) is 0 Å². The molecule has 100 valence electrons. The summed E-state index contributed by atoms with van der Waals surface area (Å²) in [5, 5.41) is 8.66. The van der Waals surface area contributed by atoms with Crippen LogP contribution in [-0.4, -0.2) is 42.6 Å². The summed E-state index contributed by atoms with van der Waals surface area (Å²) in [6.45, 7) is 8.77. The monoisotopic (exact) mass is 263 g/mol. The van der Waals surface area contributed by atoms with Crippen molar-refractivity contribution in [3.05, 3.63) is 12.7 Å². The van der Waals surface area contributed by atoms with Gasteiger partial charge in [-0.25, -0.2) is 8.42 Å². The first-order chi connectivity index (χ1) is 7.58. The van der Waals surface area contributed by atoms with Gasteiger partial charge in [0.05, 0.1) is 5.75 Å². The molecule has 0 atom stereocenters. The molecule has 0 heterocycles. The summed E-state index contributed by atoms with van der Waals surface area (Å²) < 4.78 is 24.8. The highest BCUT2D eigenvalue weighted by molar-refractivity contribution is 7.89. The molecule has 0 aliphatic rings. The first kappa shape index (κ1) is 16.1. The van der Waals surface area contributed by atoms with Crippen LogP contribution in [0.2, 0.25) is 0 Å². The molecule has 0 aromatic rings. The van der Waals surface area contributed by atoms with Gasteiger partial charge in [0.2, 0.25) is 10.0 Å². The highest BCUT2D eigenvalue weighted by atomic mass is 32.2. The van der Waals surface area contributed by atoms with E-state index in [-0.39, 0.29) is 17.7 Å². The Morgan fingerprint density at radius 1 is 1.41 bits per heavy atom. The van der Waals surface area contributed by atoms with E-state index in [0.29, 0.717) is 6.42 Å². The van der Waals surface area contributed by atoms with Crippen molar-refractivity contribution >= 4 is 16.0 Å². The highest BCUT2D eigenvalue weighted by Gasteiger charge is 2.25. The number of hydrogen-bond acceptors (Lipinski definition) is 3. The lowest BCUT2D eigenvalue weighted by atomic mass is 9.94. The van der Waals surface area contributed by atoms with Crippen LogP contribution in [0.25, 0.3) is 0 Å². The van der Waals surface area contributed by atoms with Gasteiger partial charge in [-0.1, -0.05) is 26.8 Å². The Hall–Kier alpha value is -0.880. The number of sulfonamides is 1. The molecule has 1 N–H and O–H groups in total. The molecule has 0 aromatic heterocycles. The second kappa shape index (κ2) is 6.16. The number of hydrogen-bond donors (Lipinski definition) is 1. The van der Waals surface area contributed by atoms with E-state index in [9.17, 15) is 13.2 Å². The molecule has 0 saturated carbocycles. The second-order valence-electron chi connectivity index (χ2n) is 5.10. The zero-order chi connectivity index (χ0) is 13.7. The maximum Gasteiger partial charge on any atom is 0.318 e. The molecule has 0 unspecified atom stereocenters. The van der Waals surface area contributed by atoms with E-state index in [4.69, 9.17) is 5.11 Å². The van der Waals surface area contributed by atoms with E-state index in [2.05, 4.69) is 6.58 Å². The fraction of sp³-hybridized carbons (Fsp3) is 0.727. The molecule has 6 heteroatoms. The second-order valence-corrected chi connectivity index (χ2v) is 7.19. The molecule has 5 nitrogen and oxygen atoms in total. The minimum atomic E-state index is -3.53. The molecule has 0 fully saturated rings. The molecule has 0 rings (SSSR count). The summed E-state index contributed by atoms with van der Waals surface area (Å²) in [5.74, 6) is -1.20. The van der Waals surface area contributed by atoms with Gasteiger partial charge >= 0.3 is 5.97 Å². The maximum atomic E-state index is 11.9. The largest absolute Gasteiger partial charge is 0.480 e. The Morgan fingerprint density at radius 3 is 2.29 bits per heavy atom. The van der Waals surface area contributed by atoms with Crippen molar-refractivity contribution in [3.8, 4) is 0 Å². The smallest absolute Gasteiger partial charge is 0.318 e. The normalized spacial score (nSPS) is 12.7. The van der Waals surface area contributed by atoms with Gasteiger partial charge in [-0.2, -0.15) is 4.31 Å². The molecule has 0 radical (unpaired) electrons. The fourth-order valence-corrected chi connectivity index (χ4v) is 2.90. The first-order valence-electron chi connectivity index (χ1n) is 5.39. The number of carbonyl (C=O) groups is 1. The summed E-state index contributed by atoms with van der Waals surface area (Å²) >= 11 is 0. The Kier molecular flexibility index (Phi) is 5.84. The van der Waals surface area contributed by atoms with Crippen LogP contribution in [0.1, 0.15) is 27.2 Å². The Labute approximate surface area is 103 Å². The van der Waals surface area contributed by atoms with Gasteiger partial charge < -0.3 is 5.11 Å². The molecule has 0 aliphatic carbocycles. The topological polar surface area (TPSA) is 74.7 Å². The molecular weight excluding hydrogens is 242 g/mol. The molecule has 0 aromatic carbocycles. The van der Waals surface area contributed by atoms with Crippen LogP contribution in [0.4, 0.5) is 0 Å². The lowest BCUT2D eigenvalue weighted by molar-refractivity contribution is -0.137. The highest BCUT2D eigenvalue weighted by Crippen LogP contribution is 2.20. The van der Waals surface area contributed by atoms with Crippen molar-refractivity contribution in [2.75, 3.05) is 18.8 Å². The average molecular weight is 263 g/mol. The zero-order valence-corrected chi connectivity index (χ0v) is 11.5. The minimum Gasteiger partial charge on any atom is -0.480 e. The molecule has 0 saturated heterocycles. The van der Waals surface area contributed by atoms with Gasteiger partial charge in [0, 0.05) is 6.54 Å². The van der Waals surface area contributed by atoms with Gasteiger partial charge in [-0.15, -0.1) is 6.58 Å². The van der Waals surface area contributed by atoms with Gasteiger partial charge in [0.1, 0.15) is 6.54 Å². The SMILES string of the molecule is C=CCN(CC(=O)O)S(=O)(=O)CCC(C)(C)C. The number of nitrogens with zero attached hydrogens (tertiary/aromatic N) is 1. The molecule has 0 amide bonds. The summed E-state index contributed by atoms with van der Waals surface area (Å²) in [6.07, 6.45) is 1.88. The number of carboxylic acid groups (broad SMARTS) is 1. The van der Waals surface area contributed by atoms with Crippen LogP contribution < -0.4 is 0 Å². The third-order valence-corrected chi connectivity index (χ3v) is 3.93. The molecule has 0 aliphatic heterocycles. The summed E-state index contributed by atoms with van der Waals surface area (Å²) in [4.78, 5) is 10.6. The Balaban J connectivity index is 4.71. The van der Waals surface area contributed by atoms with Gasteiger partial charge in [0.25, 0.3) is 0 Å².